The van der Waals surface area contributed by atoms with Crippen molar-refractivity contribution in [3.05, 3.63) is 0 Å². The summed E-state index contributed by atoms with van der Waals surface area (Å²) in [4.78, 5) is 26.4. The molecule has 3 nitrogen and oxygen atoms in total. The molecule has 1 saturated carbocycles. The predicted octanol–water partition coefficient (Wildman–Crippen LogP) is 3.07. The van der Waals surface area contributed by atoms with Gasteiger partial charge >= 0.3 is 0 Å². The van der Waals surface area contributed by atoms with E-state index in [0.29, 0.717) is 18.4 Å². The first-order chi connectivity index (χ1) is 8.75. The fourth-order valence-corrected chi connectivity index (χ4v) is 4.48. The van der Waals surface area contributed by atoms with Crippen molar-refractivity contribution in [1.29, 1.82) is 0 Å². The SMILES string of the molecule is CC1CC2C(=O)N(CC(CBr)C(C)(C)C)C(=O)C2C1. The average Bonchev–Trinajstić information content (AvgIpc) is 2.77. The van der Waals surface area contributed by atoms with E-state index in [9.17, 15) is 9.59 Å². The topological polar surface area (TPSA) is 37.4 Å². The summed E-state index contributed by atoms with van der Waals surface area (Å²) in [7, 11) is 0. The van der Waals surface area contributed by atoms with Gasteiger partial charge in [0.1, 0.15) is 0 Å². The lowest BCUT2D eigenvalue weighted by atomic mass is 9.82. The predicted molar refractivity (Wildman–Crippen MR) is 78.8 cm³/mol. The van der Waals surface area contributed by atoms with Crippen LogP contribution in [-0.2, 0) is 9.59 Å². The molecule has 2 fully saturated rings. The first-order valence-electron chi connectivity index (χ1n) is 7.17. The monoisotopic (exact) mass is 329 g/mol. The standard InChI is InChI=1S/C15H24BrNO2/c1-9-5-11-12(6-9)14(19)17(13(11)18)8-10(7-16)15(2,3)4/h9-12H,5-8H2,1-4H3. The molecule has 1 aliphatic heterocycles. The minimum Gasteiger partial charge on any atom is -0.282 e. The summed E-state index contributed by atoms with van der Waals surface area (Å²) in [6, 6.07) is 0. The Balaban J connectivity index is 2.11. The third kappa shape index (κ3) is 2.74. The number of carbonyl (C=O) groups is 2. The van der Waals surface area contributed by atoms with Crippen molar-refractivity contribution in [3.8, 4) is 0 Å². The molecule has 1 heterocycles. The summed E-state index contributed by atoms with van der Waals surface area (Å²) in [5.41, 5.74) is 0.0923. The van der Waals surface area contributed by atoms with E-state index in [2.05, 4.69) is 43.6 Å². The van der Waals surface area contributed by atoms with Crippen molar-refractivity contribution in [2.24, 2.45) is 29.1 Å². The van der Waals surface area contributed by atoms with Crippen LogP contribution in [0.15, 0.2) is 0 Å². The van der Waals surface area contributed by atoms with Crippen LogP contribution in [0.5, 0.6) is 0 Å². The zero-order valence-corrected chi connectivity index (χ0v) is 13.9. The lowest BCUT2D eigenvalue weighted by molar-refractivity contribution is -0.141. The van der Waals surface area contributed by atoms with Crippen LogP contribution in [0.25, 0.3) is 0 Å². The maximum Gasteiger partial charge on any atom is 0.233 e. The molecule has 2 aliphatic rings. The van der Waals surface area contributed by atoms with Gasteiger partial charge in [0, 0.05) is 11.9 Å². The third-order valence-corrected chi connectivity index (χ3v) is 5.56. The van der Waals surface area contributed by atoms with Gasteiger partial charge < -0.3 is 0 Å². The van der Waals surface area contributed by atoms with Crippen LogP contribution in [-0.4, -0.2) is 28.6 Å². The van der Waals surface area contributed by atoms with E-state index in [1.165, 1.54) is 0 Å². The molecule has 2 amide bonds. The highest BCUT2D eigenvalue weighted by atomic mass is 79.9. The number of hydrogen-bond donors (Lipinski definition) is 0. The number of rotatable bonds is 3. The molecule has 0 N–H and O–H groups in total. The Hall–Kier alpha value is -0.380. The van der Waals surface area contributed by atoms with Gasteiger partial charge in [-0.15, -0.1) is 0 Å². The molecule has 0 spiro atoms. The summed E-state index contributed by atoms with van der Waals surface area (Å²) < 4.78 is 0. The normalized spacial score (nSPS) is 32.9. The van der Waals surface area contributed by atoms with E-state index in [1.807, 2.05) is 0 Å². The zero-order valence-electron chi connectivity index (χ0n) is 12.3. The number of alkyl halides is 1. The minimum absolute atomic E-state index is 0.0292. The van der Waals surface area contributed by atoms with Gasteiger partial charge in [-0.05, 0) is 30.1 Å². The smallest absolute Gasteiger partial charge is 0.233 e. The molecule has 0 radical (unpaired) electrons. The van der Waals surface area contributed by atoms with Gasteiger partial charge in [-0.1, -0.05) is 43.6 Å². The Bertz CT molecular complexity index is 364. The number of likely N-dealkylation sites (tertiary alicyclic amines) is 1. The van der Waals surface area contributed by atoms with Crippen molar-refractivity contribution in [1.82, 2.24) is 4.90 Å². The van der Waals surface area contributed by atoms with Crippen LogP contribution in [0.3, 0.4) is 0 Å². The Morgan fingerprint density at radius 2 is 1.68 bits per heavy atom. The van der Waals surface area contributed by atoms with Crippen LogP contribution in [0.4, 0.5) is 0 Å². The quantitative estimate of drug-likeness (QED) is 0.589. The number of carbonyl (C=O) groups excluding carboxylic acids is 2. The molecule has 0 aromatic rings. The number of fused-ring (bicyclic) bond motifs is 1. The fourth-order valence-electron chi connectivity index (χ4n) is 3.30. The molecular formula is C15H24BrNO2. The summed E-state index contributed by atoms with van der Waals surface area (Å²) in [6.45, 7) is 9.18. The van der Waals surface area contributed by atoms with E-state index < -0.39 is 0 Å². The molecule has 2 rings (SSSR count). The summed E-state index contributed by atoms with van der Waals surface area (Å²) in [6.07, 6.45) is 1.78. The van der Waals surface area contributed by atoms with E-state index >= 15 is 0 Å². The van der Waals surface area contributed by atoms with Crippen LogP contribution >= 0.6 is 15.9 Å². The van der Waals surface area contributed by atoms with E-state index in [1.54, 1.807) is 4.90 Å². The number of nitrogens with zero attached hydrogens (tertiary/aromatic N) is 1. The highest BCUT2D eigenvalue weighted by Gasteiger charge is 2.52. The molecular weight excluding hydrogens is 306 g/mol. The van der Waals surface area contributed by atoms with Crippen molar-refractivity contribution in [3.63, 3.8) is 0 Å². The number of amides is 2. The molecule has 3 atom stereocenters. The lowest BCUT2D eigenvalue weighted by Gasteiger charge is -2.32. The largest absolute Gasteiger partial charge is 0.282 e. The Morgan fingerprint density at radius 1 is 1.21 bits per heavy atom. The highest BCUT2D eigenvalue weighted by molar-refractivity contribution is 9.09. The number of halogens is 1. The van der Waals surface area contributed by atoms with Gasteiger partial charge in [-0.3, -0.25) is 14.5 Å². The van der Waals surface area contributed by atoms with Crippen LogP contribution in [0.1, 0.15) is 40.5 Å². The Kier molecular flexibility index (Phi) is 4.10. The lowest BCUT2D eigenvalue weighted by Crippen LogP contribution is -2.40. The Morgan fingerprint density at radius 3 is 2.05 bits per heavy atom. The molecule has 0 bridgehead atoms. The van der Waals surface area contributed by atoms with Crippen LogP contribution in [0, 0.1) is 29.1 Å². The Labute approximate surface area is 124 Å². The maximum atomic E-state index is 12.4. The van der Waals surface area contributed by atoms with Crippen LogP contribution < -0.4 is 0 Å². The van der Waals surface area contributed by atoms with E-state index in [4.69, 9.17) is 0 Å². The molecule has 1 saturated heterocycles. The zero-order chi connectivity index (χ0) is 14.4. The first-order valence-corrected chi connectivity index (χ1v) is 8.29. The summed E-state index contributed by atoms with van der Waals surface area (Å²) in [5.74, 6) is 0.914. The molecule has 0 aromatic heterocycles. The van der Waals surface area contributed by atoms with Gasteiger partial charge in [-0.25, -0.2) is 0 Å². The number of hydrogen-bond acceptors (Lipinski definition) is 2. The molecule has 4 heteroatoms. The third-order valence-electron chi connectivity index (χ3n) is 4.78. The van der Waals surface area contributed by atoms with Gasteiger partial charge in [0.05, 0.1) is 11.8 Å². The first kappa shape index (κ1) is 15.0. The van der Waals surface area contributed by atoms with Crippen molar-refractivity contribution < 1.29 is 9.59 Å². The molecule has 0 aromatic carbocycles. The van der Waals surface area contributed by atoms with E-state index in [0.717, 1.165) is 18.2 Å². The van der Waals surface area contributed by atoms with Crippen molar-refractivity contribution in [2.45, 2.75) is 40.5 Å². The van der Waals surface area contributed by atoms with Gasteiger partial charge in [0.25, 0.3) is 0 Å². The molecule has 108 valence electrons. The second-order valence-electron chi connectivity index (χ2n) is 7.29. The van der Waals surface area contributed by atoms with Gasteiger partial charge in [-0.2, -0.15) is 0 Å². The second-order valence-corrected chi connectivity index (χ2v) is 7.94. The second kappa shape index (κ2) is 5.19. The van der Waals surface area contributed by atoms with Gasteiger partial charge in [0.2, 0.25) is 11.8 Å². The highest BCUT2D eigenvalue weighted by Crippen LogP contribution is 2.43. The minimum atomic E-state index is -0.0292. The number of imide groups is 1. The maximum absolute atomic E-state index is 12.4. The molecule has 3 unspecified atom stereocenters. The van der Waals surface area contributed by atoms with Crippen molar-refractivity contribution in [2.75, 3.05) is 11.9 Å². The van der Waals surface area contributed by atoms with E-state index in [-0.39, 0.29) is 29.1 Å². The molecule has 19 heavy (non-hydrogen) atoms. The van der Waals surface area contributed by atoms with Gasteiger partial charge in [0.15, 0.2) is 0 Å². The summed E-state index contributed by atoms with van der Waals surface area (Å²) in [5, 5.41) is 0.819. The van der Waals surface area contributed by atoms with Crippen molar-refractivity contribution >= 4 is 27.7 Å². The van der Waals surface area contributed by atoms with Crippen LogP contribution in [0.2, 0.25) is 0 Å². The fraction of sp³-hybridized carbons (Fsp3) is 0.867. The molecule has 1 aliphatic carbocycles. The summed E-state index contributed by atoms with van der Waals surface area (Å²) >= 11 is 3.52. The average molecular weight is 330 g/mol.